The lowest BCUT2D eigenvalue weighted by atomic mass is 9.67. The molecule has 1 aromatic carbocycles. The summed E-state index contributed by atoms with van der Waals surface area (Å²) in [6.45, 7) is 2.45. The zero-order valence-corrected chi connectivity index (χ0v) is 11.7. The smallest absolute Gasteiger partial charge is 0.336 e. The maximum absolute atomic E-state index is 13.3. The van der Waals surface area contributed by atoms with Crippen molar-refractivity contribution in [2.24, 2.45) is 5.41 Å². The summed E-state index contributed by atoms with van der Waals surface area (Å²) in [4.78, 5) is 23.1. The van der Waals surface area contributed by atoms with Crippen LogP contribution in [-0.2, 0) is 0 Å². The van der Waals surface area contributed by atoms with Crippen LogP contribution in [0.15, 0.2) is 12.1 Å². The van der Waals surface area contributed by atoms with Gasteiger partial charge in [0.1, 0.15) is 0 Å². The third-order valence-electron chi connectivity index (χ3n) is 4.32. The van der Waals surface area contributed by atoms with Crippen LogP contribution in [0.2, 0.25) is 0 Å². The highest BCUT2D eigenvalue weighted by Crippen LogP contribution is 2.43. The summed E-state index contributed by atoms with van der Waals surface area (Å²) in [5, 5.41) is 11.6. The second-order valence-electron chi connectivity index (χ2n) is 5.51. The lowest BCUT2D eigenvalue weighted by molar-refractivity contribution is 0.0687. The molecule has 0 saturated heterocycles. The normalized spacial score (nSPS) is 16.1. The molecular formula is C15H17F2NO3. The molecule has 0 radical (unpaired) electrons. The van der Waals surface area contributed by atoms with Gasteiger partial charge < -0.3 is 10.4 Å². The fourth-order valence-electron chi connectivity index (χ4n) is 2.61. The standard InChI is InChI=1S/C15H17F2NO3/c1-2-15(4-3-5-15)8-18-13(19)9-6-11(16)12(17)7-10(9)14(20)21/h6-7H,2-5,8H2,1H3,(H,18,19)(H,20,21). The van der Waals surface area contributed by atoms with E-state index < -0.39 is 29.1 Å². The zero-order valence-electron chi connectivity index (χ0n) is 11.7. The Morgan fingerprint density at radius 1 is 1.24 bits per heavy atom. The lowest BCUT2D eigenvalue weighted by Crippen LogP contribution is -2.42. The van der Waals surface area contributed by atoms with E-state index >= 15 is 0 Å². The molecule has 1 aromatic rings. The Morgan fingerprint density at radius 3 is 2.24 bits per heavy atom. The maximum atomic E-state index is 13.3. The van der Waals surface area contributed by atoms with E-state index in [4.69, 9.17) is 5.11 Å². The van der Waals surface area contributed by atoms with Gasteiger partial charge in [-0.1, -0.05) is 13.3 Å². The number of rotatable bonds is 5. The molecule has 0 atom stereocenters. The Bertz CT molecular complexity index is 577. The van der Waals surface area contributed by atoms with Crippen LogP contribution in [0.5, 0.6) is 0 Å². The van der Waals surface area contributed by atoms with Crippen molar-refractivity contribution >= 4 is 11.9 Å². The second kappa shape index (κ2) is 5.79. The van der Waals surface area contributed by atoms with Gasteiger partial charge in [-0.25, -0.2) is 13.6 Å². The monoisotopic (exact) mass is 297 g/mol. The minimum Gasteiger partial charge on any atom is -0.478 e. The van der Waals surface area contributed by atoms with Gasteiger partial charge in [-0.15, -0.1) is 0 Å². The fourth-order valence-corrected chi connectivity index (χ4v) is 2.61. The molecule has 1 aliphatic carbocycles. The highest BCUT2D eigenvalue weighted by molar-refractivity contribution is 6.04. The van der Waals surface area contributed by atoms with Gasteiger partial charge in [0.2, 0.25) is 0 Å². The minimum atomic E-state index is -1.46. The number of hydrogen-bond acceptors (Lipinski definition) is 2. The number of carbonyl (C=O) groups is 2. The van der Waals surface area contributed by atoms with Crippen LogP contribution in [0, 0.1) is 17.0 Å². The minimum absolute atomic E-state index is 0.0532. The van der Waals surface area contributed by atoms with Gasteiger partial charge in [-0.3, -0.25) is 4.79 Å². The molecule has 0 aromatic heterocycles. The summed E-state index contributed by atoms with van der Waals surface area (Å²) in [5.74, 6) is -4.68. The number of aromatic carboxylic acids is 1. The maximum Gasteiger partial charge on any atom is 0.336 e. The first kappa shape index (κ1) is 15.4. The van der Waals surface area contributed by atoms with Gasteiger partial charge in [-0.2, -0.15) is 0 Å². The Balaban J connectivity index is 2.18. The van der Waals surface area contributed by atoms with E-state index in [2.05, 4.69) is 5.32 Å². The molecule has 1 amide bonds. The summed E-state index contributed by atoms with van der Waals surface area (Å²) in [7, 11) is 0. The summed E-state index contributed by atoms with van der Waals surface area (Å²) in [6, 6.07) is 1.17. The van der Waals surface area contributed by atoms with E-state index in [0.717, 1.165) is 25.7 Å². The number of halogens is 2. The quantitative estimate of drug-likeness (QED) is 0.878. The molecule has 1 aliphatic rings. The van der Waals surface area contributed by atoms with Crippen molar-refractivity contribution in [2.45, 2.75) is 32.6 Å². The van der Waals surface area contributed by atoms with Crippen LogP contribution in [0.25, 0.3) is 0 Å². The van der Waals surface area contributed by atoms with Crippen molar-refractivity contribution in [3.8, 4) is 0 Å². The van der Waals surface area contributed by atoms with Crippen molar-refractivity contribution in [1.82, 2.24) is 5.32 Å². The molecule has 0 spiro atoms. The molecule has 21 heavy (non-hydrogen) atoms. The van der Waals surface area contributed by atoms with E-state index in [0.29, 0.717) is 18.7 Å². The first-order chi connectivity index (χ1) is 9.88. The molecule has 0 bridgehead atoms. The summed E-state index contributed by atoms with van der Waals surface area (Å²) >= 11 is 0. The van der Waals surface area contributed by atoms with Gasteiger partial charge in [-0.05, 0) is 36.8 Å². The van der Waals surface area contributed by atoms with Gasteiger partial charge in [0.25, 0.3) is 5.91 Å². The average molecular weight is 297 g/mol. The number of nitrogens with one attached hydrogen (secondary N) is 1. The molecule has 2 N–H and O–H groups in total. The Kier molecular flexibility index (Phi) is 4.25. The Morgan fingerprint density at radius 2 is 1.81 bits per heavy atom. The van der Waals surface area contributed by atoms with E-state index in [1.165, 1.54) is 0 Å². The van der Waals surface area contributed by atoms with Crippen molar-refractivity contribution in [3.63, 3.8) is 0 Å². The highest BCUT2D eigenvalue weighted by Gasteiger charge is 2.35. The number of carboxylic acid groups (broad SMARTS) is 1. The van der Waals surface area contributed by atoms with Crippen LogP contribution in [0.4, 0.5) is 8.78 Å². The first-order valence-corrected chi connectivity index (χ1v) is 6.89. The number of carboxylic acids is 1. The molecule has 1 saturated carbocycles. The van der Waals surface area contributed by atoms with Crippen LogP contribution >= 0.6 is 0 Å². The number of carbonyl (C=O) groups excluding carboxylic acids is 1. The molecule has 114 valence electrons. The third kappa shape index (κ3) is 3.04. The van der Waals surface area contributed by atoms with E-state index in [1.54, 1.807) is 0 Å². The van der Waals surface area contributed by atoms with Crippen molar-refractivity contribution < 1.29 is 23.5 Å². The Hall–Kier alpha value is -1.98. The molecule has 2 rings (SSSR count). The predicted octanol–water partition coefficient (Wildman–Crippen LogP) is 2.97. The first-order valence-electron chi connectivity index (χ1n) is 6.89. The SMILES string of the molecule is CCC1(CNC(=O)c2cc(F)c(F)cc2C(=O)O)CCC1. The largest absolute Gasteiger partial charge is 0.478 e. The van der Waals surface area contributed by atoms with Crippen LogP contribution in [0.3, 0.4) is 0 Å². The fraction of sp³-hybridized carbons (Fsp3) is 0.467. The molecular weight excluding hydrogens is 280 g/mol. The van der Waals surface area contributed by atoms with Crippen LogP contribution in [-0.4, -0.2) is 23.5 Å². The van der Waals surface area contributed by atoms with Crippen LogP contribution < -0.4 is 5.32 Å². The Labute approximate surface area is 121 Å². The summed E-state index contributed by atoms with van der Waals surface area (Å²) < 4.78 is 26.4. The molecule has 4 nitrogen and oxygen atoms in total. The van der Waals surface area contributed by atoms with E-state index in [9.17, 15) is 18.4 Å². The van der Waals surface area contributed by atoms with Gasteiger partial charge in [0.05, 0.1) is 11.1 Å². The van der Waals surface area contributed by atoms with Crippen LogP contribution in [0.1, 0.15) is 53.3 Å². The average Bonchev–Trinajstić information content (AvgIpc) is 2.40. The molecule has 0 heterocycles. The lowest BCUT2D eigenvalue weighted by Gasteiger charge is -2.41. The second-order valence-corrected chi connectivity index (χ2v) is 5.51. The predicted molar refractivity (Wildman–Crippen MR) is 72.2 cm³/mol. The molecule has 1 fully saturated rings. The summed E-state index contributed by atoms with van der Waals surface area (Å²) in [5.41, 5.74) is -0.838. The van der Waals surface area contributed by atoms with Gasteiger partial charge >= 0.3 is 5.97 Å². The van der Waals surface area contributed by atoms with Gasteiger partial charge in [0, 0.05) is 6.54 Å². The van der Waals surface area contributed by atoms with Crippen molar-refractivity contribution in [3.05, 3.63) is 34.9 Å². The molecule has 6 heteroatoms. The highest BCUT2D eigenvalue weighted by atomic mass is 19.2. The van der Waals surface area contributed by atoms with E-state index in [1.807, 2.05) is 6.92 Å². The zero-order chi connectivity index (χ0) is 15.6. The number of benzene rings is 1. The number of amides is 1. The molecule has 0 aliphatic heterocycles. The third-order valence-corrected chi connectivity index (χ3v) is 4.32. The molecule has 0 unspecified atom stereocenters. The topological polar surface area (TPSA) is 66.4 Å². The van der Waals surface area contributed by atoms with E-state index in [-0.39, 0.29) is 11.0 Å². The van der Waals surface area contributed by atoms with Crippen molar-refractivity contribution in [2.75, 3.05) is 6.54 Å². The summed E-state index contributed by atoms with van der Waals surface area (Å²) in [6.07, 6.45) is 4.03. The number of hydrogen-bond donors (Lipinski definition) is 2. The van der Waals surface area contributed by atoms with Crippen molar-refractivity contribution in [1.29, 1.82) is 0 Å². The van der Waals surface area contributed by atoms with Gasteiger partial charge in [0.15, 0.2) is 11.6 Å².